The largest absolute Gasteiger partial charge is 0.492 e. The topological polar surface area (TPSA) is 81.4 Å². The van der Waals surface area contributed by atoms with E-state index in [1.807, 2.05) is 17.5 Å². The van der Waals surface area contributed by atoms with Crippen LogP contribution in [0.2, 0.25) is 0 Å². The van der Waals surface area contributed by atoms with Gasteiger partial charge in [0.1, 0.15) is 12.4 Å². The molecule has 108 valence electrons. The van der Waals surface area contributed by atoms with Crippen molar-refractivity contribution in [1.82, 2.24) is 4.72 Å². The minimum atomic E-state index is -3.33. The molecule has 0 aliphatic carbocycles. The number of nitrogens with two attached hydrogens (primary N) is 1. The van der Waals surface area contributed by atoms with E-state index in [0.29, 0.717) is 18.0 Å². The first kappa shape index (κ1) is 14.8. The van der Waals surface area contributed by atoms with E-state index in [0.717, 1.165) is 4.88 Å². The molecule has 0 amide bonds. The highest BCUT2D eigenvalue weighted by Gasteiger charge is 2.10. The first-order valence-electron chi connectivity index (χ1n) is 6.03. The van der Waals surface area contributed by atoms with Crippen LogP contribution in [0.3, 0.4) is 0 Å². The molecular formula is C13H16N2O3S2. The highest BCUT2D eigenvalue weighted by atomic mass is 32.2. The van der Waals surface area contributed by atoms with E-state index in [4.69, 9.17) is 10.5 Å². The number of nitrogen functional groups attached to an aromatic ring is 1. The molecule has 0 bridgehead atoms. The number of ether oxygens (including phenoxy) is 1. The van der Waals surface area contributed by atoms with Crippen molar-refractivity contribution in [2.45, 2.75) is 6.54 Å². The van der Waals surface area contributed by atoms with Crippen molar-refractivity contribution in [3.63, 3.8) is 0 Å². The Balaban J connectivity index is 1.76. The average Bonchev–Trinajstić information content (AvgIpc) is 2.92. The van der Waals surface area contributed by atoms with Gasteiger partial charge in [-0.2, -0.15) is 0 Å². The van der Waals surface area contributed by atoms with Crippen LogP contribution in [0.1, 0.15) is 4.88 Å². The Morgan fingerprint density at radius 2 is 1.95 bits per heavy atom. The molecule has 0 spiro atoms. The molecule has 2 aromatic rings. The summed E-state index contributed by atoms with van der Waals surface area (Å²) < 4.78 is 31.4. The quantitative estimate of drug-likeness (QED) is 0.764. The third-order valence-electron chi connectivity index (χ3n) is 2.55. The van der Waals surface area contributed by atoms with Crippen LogP contribution in [0.15, 0.2) is 41.8 Å². The first-order valence-corrected chi connectivity index (χ1v) is 8.56. The second-order valence-electron chi connectivity index (χ2n) is 4.14. The lowest BCUT2D eigenvalue weighted by molar-refractivity contribution is 0.340. The van der Waals surface area contributed by atoms with Crippen LogP contribution in [-0.4, -0.2) is 20.8 Å². The van der Waals surface area contributed by atoms with Crippen LogP contribution in [0.25, 0.3) is 0 Å². The molecule has 0 saturated carbocycles. The molecule has 0 fully saturated rings. The molecule has 0 aliphatic rings. The number of anilines is 1. The Bertz CT molecular complexity index is 622. The second kappa shape index (κ2) is 6.74. The number of hydrogen-bond acceptors (Lipinski definition) is 5. The van der Waals surface area contributed by atoms with Crippen molar-refractivity contribution in [3.8, 4) is 5.75 Å². The van der Waals surface area contributed by atoms with Gasteiger partial charge in [0.15, 0.2) is 0 Å². The molecule has 1 heterocycles. The number of hydrogen-bond donors (Lipinski definition) is 2. The van der Waals surface area contributed by atoms with Crippen LogP contribution in [-0.2, 0) is 16.6 Å². The van der Waals surface area contributed by atoms with E-state index in [1.54, 1.807) is 24.3 Å². The predicted octanol–water partition coefficient (Wildman–Crippen LogP) is 1.83. The van der Waals surface area contributed by atoms with E-state index >= 15 is 0 Å². The highest BCUT2D eigenvalue weighted by Crippen LogP contribution is 2.13. The zero-order chi connectivity index (χ0) is 14.4. The monoisotopic (exact) mass is 312 g/mol. The van der Waals surface area contributed by atoms with Crippen LogP contribution in [0.4, 0.5) is 5.69 Å². The van der Waals surface area contributed by atoms with Gasteiger partial charge in [0.25, 0.3) is 0 Å². The van der Waals surface area contributed by atoms with Crippen LogP contribution in [0.5, 0.6) is 5.75 Å². The third kappa shape index (κ3) is 4.84. The molecule has 1 aromatic heterocycles. The van der Waals surface area contributed by atoms with Crippen molar-refractivity contribution >= 4 is 27.0 Å². The number of sulfonamides is 1. The summed E-state index contributed by atoms with van der Waals surface area (Å²) in [7, 11) is -3.33. The van der Waals surface area contributed by atoms with Gasteiger partial charge >= 0.3 is 0 Å². The van der Waals surface area contributed by atoms with Gasteiger partial charge in [-0.15, -0.1) is 11.3 Å². The Labute approximate surface area is 122 Å². The first-order chi connectivity index (χ1) is 9.55. The Hall–Kier alpha value is -1.57. The van der Waals surface area contributed by atoms with Gasteiger partial charge in [0.2, 0.25) is 10.0 Å². The van der Waals surface area contributed by atoms with Crippen molar-refractivity contribution < 1.29 is 13.2 Å². The maximum absolute atomic E-state index is 11.8. The fourth-order valence-corrected chi connectivity index (χ4v) is 3.06. The van der Waals surface area contributed by atoms with Crippen molar-refractivity contribution in [3.05, 3.63) is 46.7 Å². The highest BCUT2D eigenvalue weighted by molar-refractivity contribution is 7.89. The standard InChI is InChI=1S/C13H16N2O3S2/c14-11-3-5-12(6-4-11)18-7-9-20(16,17)15-10-13-2-1-8-19-13/h1-6,8,15H,7,9-10,14H2. The van der Waals surface area contributed by atoms with E-state index < -0.39 is 10.0 Å². The number of benzene rings is 1. The van der Waals surface area contributed by atoms with Crippen LogP contribution in [0, 0.1) is 0 Å². The summed E-state index contributed by atoms with van der Waals surface area (Å²) in [5.74, 6) is 0.524. The Kier molecular flexibility index (Phi) is 4.99. The second-order valence-corrected chi connectivity index (χ2v) is 7.10. The number of rotatable bonds is 7. The molecule has 0 unspecified atom stereocenters. The van der Waals surface area contributed by atoms with Gasteiger partial charge in [-0.25, -0.2) is 13.1 Å². The lowest BCUT2D eigenvalue weighted by Crippen LogP contribution is -2.28. The predicted molar refractivity (Wildman–Crippen MR) is 81.3 cm³/mol. The molecule has 1 aromatic carbocycles. The summed E-state index contributed by atoms with van der Waals surface area (Å²) in [4.78, 5) is 0.980. The summed E-state index contributed by atoms with van der Waals surface area (Å²) in [5.41, 5.74) is 6.19. The van der Waals surface area contributed by atoms with Gasteiger partial charge < -0.3 is 10.5 Å². The van der Waals surface area contributed by atoms with Gasteiger partial charge in [-0.05, 0) is 35.7 Å². The minimum absolute atomic E-state index is 0.0806. The fourth-order valence-electron chi connectivity index (χ4n) is 1.50. The summed E-state index contributed by atoms with van der Waals surface area (Å²) in [6.07, 6.45) is 0. The van der Waals surface area contributed by atoms with Gasteiger partial charge in [0.05, 0.1) is 5.75 Å². The average molecular weight is 312 g/mol. The molecule has 5 nitrogen and oxygen atoms in total. The summed E-state index contributed by atoms with van der Waals surface area (Å²) in [5, 5.41) is 1.91. The Morgan fingerprint density at radius 1 is 1.20 bits per heavy atom. The molecular weight excluding hydrogens is 296 g/mol. The Morgan fingerprint density at radius 3 is 2.60 bits per heavy atom. The van der Waals surface area contributed by atoms with Crippen LogP contribution < -0.4 is 15.2 Å². The van der Waals surface area contributed by atoms with Crippen molar-refractivity contribution in [1.29, 1.82) is 0 Å². The van der Waals surface area contributed by atoms with Gasteiger partial charge in [0, 0.05) is 17.1 Å². The molecule has 20 heavy (non-hydrogen) atoms. The normalized spacial score (nSPS) is 11.4. The van der Waals surface area contributed by atoms with E-state index in [-0.39, 0.29) is 12.4 Å². The van der Waals surface area contributed by atoms with E-state index in [9.17, 15) is 8.42 Å². The van der Waals surface area contributed by atoms with Gasteiger partial charge in [-0.3, -0.25) is 0 Å². The number of thiophene rings is 1. The molecule has 3 N–H and O–H groups in total. The molecule has 0 radical (unpaired) electrons. The lowest BCUT2D eigenvalue weighted by atomic mass is 10.3. The smallest absolute Gasteiger partial charge is 0.215 e. The van der Waals surface area contributed by atoms with Crippen molar-refractivity contribution in [2.24, 2.45) is 0 Å². The molecule has 2 rings (SSSR count). The fraction of sp³-hybridized carbons (Fsp3) is 0.231. The van der Waals surface area contributed by atoms with E-state index in [1.165, 1.54) is 11.3 Å². The maximum atomic E-state index is 11.8. The molecule has 7 heteroatoms. The number of nitrogens with one attached hydrogen (secondary N) is 1. The summed E-state index contributed by atoms with van der Waals surface area (Å²) >= 11 is 1.52. The summed E-state index contributed by atoms with van der Waals surface area (Å²) in [6.45, 7) is 0.422. The van der Waals surface area contributed by atoms with E-state index in [2.05, 4.69) is 4.72 Å². The maximum Gasteiger partial charge on any atom is 0.215 e. The molecule has 0 saturated heterocycles. The molecule has 0 aliphatic heterocycles. The third-order valence-corrected chi connectivity index (χ3v) is 4.71. The minimum Gasteiger partial charge on any atom is -0.492 e. The van der Waals surface area contributed by atoms with Crippen LogP contribution >= 0.6 is 11.3 Å². The SMILES string of the molecule is Nc1ccc(OCCS(=O)(=O)NCc2cccs2)cc1. The van der Waals surface area contributed by atoms with Gasteiger partial charge in [-0.1, -0.05) is 6.07 Å². The zero-order valence-electron chi connectivity index (χ0n) is 10.8. The lowest BCUT2D eigenvalue weighted by Gasteiger charge is -2.08. The molecule has 0 atom stereocenters. The summed E-state index contributed by atoms with van der Waals surface area (Å²) in [6, 6.07) is 10.6. The van der Waals surface area contributed by atoms with Crippen molar-refractivity contribution in [2.75, 3.05) is 18.1 Å². The zero-order valence-corrected chi connectivity index (χ0v) is 12.4.